The highest BCUT2D eigenvalue weighted by molar-refractivity contribution is 6.09. The largest absolute Gasteiger partial charge is 0.460 e. The molecule has 0 N–H and O–H groups in total. The Morgan fingerprint density at radius 1 is 0.600 bits per heavy atom. The first-order chi connectivity index (χ1) is 13.5. The molecule has 0 aliphatic carbocycles. The zero-order valence-corrected chi connectivity index (χ0v) is 17.7. The summed E-state index contributed by atoms with van der Waals surface area (Å²) in [6.45, 7) is 8.02. The third kappa shape index (κ3) is 6.60. The minimum Gasteiger partial charge on any atom is -0.292 e. The zero-order valence-electron chi connectivity index (χ0n) is 17.7. The molecule has 0 aromatic carbocycles. The Kier molecular flexibility index (Phi) is 8.35. The molecule has 172 valence electrons. The molecule has 4 nitrogen and oxygen atoms in total. The summed E-state index contributed by atoms with van der Waals surface area (Å²) in [6, 6.07) is 0. The van der Waals surface area contributed by atoms with E-state index >= 15 is 0 Å². The van der Waals surface area contributed by atoms with Crippen molar-refractivity contribution >= 4 is 22.8 Å². The van der Waals surface area contributed by atoms with Gasteiger partial charge in [-0.1, -0.05) is 20.8 Å². The van der Waals surface area contributed by atoms with Crippen molar-refractivity contribution in [2.24, 2.45) is 25.4 Å². The lowest BCUT2D eigenvalue weighted by Crippen LogP contribution is -2.56. The van der Waals surface area contributed by atoms with Crippen LogP contribution in [0.25, 0.3) is 0 Å². The van der Waals surface area contributed by atoms with Crippen LogP contribution in [0.3, 0.4) is 0 Å². The molecule has 0 unspecified atom stereocenters. The second-order valence-electron chi connectivity index (χ2n) is 8.14. The van der Waals surface area contributed by atoms with Gasteiger partial charge in [-0.15, -0.1) is 0 Å². The van der Waals surface area contributed by atoms with E-state index in [-0.39, 0.29) is 25.3 Å². The van der Waals surface area contributed by atoms with Gasteiger partial charge in [0.1, 0.15) is 0 Å². The van der Waals surface area contributed by atoms with E-state index in [4.69, 9.17) is 0 Å². The van der Waals surface area contributed by atoms with Gasteiger partial charge in [0.2, 0.25) is 0 Å². The maximum absolute atomic E-state index is 14.4. The van der Waals surface area contributed by atoms with Crippen LogP contribution in [0, 0.1) is 5.41 Å². The standard InChI is InChI=1S/C19H27F7N4/c1-12-10-13(2)28-7-9-30-15(17(20,21)18(22,23)19(24,25)26)11-14(16(3,4)5)29-8-6-27-12/h6-11H2,1-5H3. The minimum absolute atomic E-state index is 0.0449. The fraction of sp³-hybridized carbons (Fsp3) is 0.789. The zero-order chi connectivity index (χ0) is 23.4. The summed E-state index contributed by atoms with van der Waals surface area (Å²) in [4.78, 5) is 16.0. The molecule has 1 heterocycles. The van der Waals surface area contributed by atoms with Crippen LogP contribution in [0.2, 0.25) is 0 Å². The van der Waals surface area contributed by atoms with Crippen molar-refractivity contribution < 1.29 is 30.7 Å². The van der Waals surface area contributed by atoms with Crippen LogP contribution in [0.5, 0.6) is 0 Å². The lowest BCUT2D eigenvalue weighted by molar-refractivity contribution is -0.336. The summed E-state index contributed by atoms with van der Waals surface area (Å²) >= 11 is 0. The molecular weight excluding hydrogens is 417 g/mol. The molecule has 0 saturated carbocycles. The number of halogens is 7. The van der Waals surface area contributed by atoms with E-state index < -0.39 is 42.1 Å². The molecule has 1 aliphatic heterocycles. The van der Waals surface area contributed by atoms with Gasteiger partial charge in [-0.3, -0.25) is 20.0 Å². The second-order valence-corrected chi connectivity index (χ2v) is 8.14. The van der Waals surface area contributed by atoms with E-state index in [0.717, 1.165) is 5.71 Å². The van der Waals surface area contributed by atoms with E-state index in [9.17, 15) is 30.7 Å². The van der Waals surface area contributed by atoms with Gasteiger partial charge in [-0.2, -0.15) is 30.7 Å². The van der Waals surface area contributed by atoms with Crippen molar-refractivity contribution in [1.82, 2.24) is 0 Å². The van der Waals surface area contributed by atoms with E-state index in [1.165, 1.54) is 0 Å². The lowest BCUT2D eigenvalue weighted by Gasteiger charge is -2.31. The molecule has 0 radical (unpaired) electrons. The molecular formula is C19H27F7N4. The quantitative estimate of drug-likeness (QED) is 0.508. The minimum atomic E-state index is -6.43. The number of hydrogen-bond acceptors (Lipinski definition) is 4. The molecule has 0 aromatic heterocycles. The average Bonchev–Trinajstić information content (AvgIpc) is 2.56. The van der Waals surface area contributed by atoms with Crippen LogP contribution < -0.4 is 0 Å². The average molecular weight is 444 g/mol. The third-order valence-corrected chi connectivity index (χ3v) is 4.39. The summed E-state index contributed by atoms with van der Waals surface area (Å²) < 4.78 is 94.3. The molecule has 30 heavy (non-hydrogen) atoms. The number of rotatable bonds is 2. The molecule has 0 bridgehead atoms. The molecule has 1 aliphatic rings. The van der Waals surface area contributed by atoms with Gasteiger partial charge in [-0.25, -0.2) is 0 Å². The maximum atomic E-state index is 14.4. The molecule has 0 atom stereocenters. The molecule has 0 fully saturated rings. The first-order valence-corrected chi connectivity index (χ1v) is 9.40. The Morgan fingerprint density at radius 2 is 1.00 bits per heavy atom. The van der Waals surface area contributed by atoms with E-state index in [1.807, 2.05) is 0 Å². The van der Waals surface area contributed by atoms with Crippen molar-refractivity contribution in [1.29, 1.82) is 0 Å². The maximum Gasteiger partial charge on any atom is 0.460 e. The van der Waals surface area contributed by atoms with Gasteiger partial charge < -0.3 is 0 Å². The summed E-state index contributed by atoms with van der Waals surface area (Å²) in [6.07, 6.45) is -6.92. The number of nitrogens with zero attached hydrogens (tertiary/aromatic N) is 4. The fourth-order valence-electron chi connectivity index (χ4n) is 2.68. The lowest BCUT2D eigenvalue weighted by atomic mass is 9.85. The Hall–Kier alpha value is -1.81. The predicted octanol–water partition coefficient (Wildman–Crippen LogP) is 5.46. The van der Waals surface area contributed by atoms with Crippen LogP contribution in [0.1, 0.15) is 47.5 Å². The predicted molar refractivity (Wildman–Crippen MR) is 105 cm³/mol. The van der Waals surface area contributed by atoms with Gasteiger partial charge in [0.15, 0.2) is 0 Å². The van der Waals surface area contributed by atoms with Gasteiger partial charge in [0, 0.05) is 35.4 Å². The van der Waals surface area contributed by atoms with Crippen molar-refractivity contribution in [2.75, 3.05) is 26.2 Å². The summed E-state index contributed by atoms with van der Waals surface area (Å²) in [5.74, 6) is -11.8. The monoisotopic (exact) mass is 444 g/mol. The van der Waals surface area contributed by atoms with Gasteiger partial charge in [0.25, 0.3) is 0 Å². The molecule has 0 amide bonds. The number of aliphatic imine (C=N–C) groups is 4. The van der Waals surface area contributed by atoms with E-state index in [0.29, 0.717) is 12.1 Å². The van der Waals surface area contributed by atoms with Crippen molar-refractivity contribution in [3.05, 3.63) is 0 Å². The van der Waals surface area contributed by atoms with Crippen LogP contribution in [-0.4, -0.2) is 67.0 Å². The van der Waals surface area contributed by atoms with Crippen molar-refractivity contribution in [3.8, 4) is 0 Å². The van der Waals surface area contributed by atoms with Gasteiger partial charge >= 0.3 is 18.0 Å². The van der Waals surface area contributed by atoms with Crippen LogP contribution in [0.15, 0.2) is 20.0 Å². The fourth-order valence-corrected chi connectivity index (χ4v) is 2.68. The Balaban J connectivity index is 3.46. The smallest absolute Gasteiger partial charge is 0.292 e. The van der Waals surface area contributed by atoms with Crippen LogP contribution >= 0.6 is 0 Å². The van der Waals surface area contributed by atoms with Crippen molar-refractivity contribution in [2.45, 2.75) is 65.5 Å². The Morgan fingerprint density at radius 3 is 1.40 bits per heavy atom. The van der Waals surface area contributed by atoms with Gasteiger partial charge in [-0.05, 0) is 13.8 Å². The molecule has 11 heteroatoms. The molecule has 1 rings (SSSR count). The van der Waals surface area contributed by atoms with Gasteiger partial charge in [0.05, 0.1) is 31.9 Å². The number of alkyl halides is 7. The topological polar surface area (TPSA) is 49.4 Å². The third-order valence-electron chi connectivity index (χ3n) is 4.39. The highest BCUT2D eigenvalue weighted by Crippen LogP contribution is 2.48. The molecule has 0 spiro atoms. The summed E-state index contributed by atoms with van der Waals surface area (Å²) in [5, 5.41) is 0. The van der Waals surface area contributed by atoms with Crippen LogP contribution in [-0.2, 0) is 0 Å². The highest BCUT2D eigenvalue weighted by atomic mass is 19.4. The van der Waals surface area contributed by atoms with Crippen LogP contribution in [0.4, 0.5) is 30.7 Å². The highest BCUT2D eigenvalue weighted by Gasteiger charge is 2.74. The Labute approximate surface area is 171 Å². The van der Waals surface area contributed by atoms with E-state index in [1.54, 1.807) is 34.6 Å². The molecule has 0 saturated heterocycles. The first kappa shape index (κ1) is 26.2. The first-order valence-electron chi connectivity index (χ1n) is 9.40. The number of hydrogen-bond donors (Lipinski definition) is 0. The molecule has 0 aromatic rings. The SMILES string of the molecule is CC1=NCCN=C(C(C)(C)C)CC(C(F)(F)C(F)(F)C(F)(F)F)=NCCN=C(C)C1. The van der Waals surface area contributed by atoms with Crippen molar-refractivity contribution in [3.63, 3.8) is 0 Å². The Bertz CT molecular complexity index is 726. The normalized spacial score (nSPS) is 19.3. The summed E-state index contributed by atoms with van der Waals surface area (Å²) in [5.41, 5.74) is -0.946. The second kappa shape index (κ2) is 9.55. The summed E-state index contributed by atoms with van der Waals surface area (Å²) in [7, 11) is 0. The van der Waals surface area contributed by atoms with E-state index in [2.05, 4.69) is 20.0 Å².